The summed E-state index contributed by atoms with van der Waals surface area (Å²) in [7, 11) is 0. The molecule has 4 nitrogen and oxygen atoms in total. The molecule has 0 aromatic heterocycles. The lowest BCUT2D eigenvalue weighted by Gasteiger charge is -2.23. The van der Waals surface area contributed by atoms with E-state index >= 15 is 0 Å². The highest BCUT2D eigenvalue weighted by molar-refractivity contribution is 14.0. The van der Waals surface area contributed by atoms with Crippen LogP contribution >= 0.6 is 24.0 Å². The molecule has 0 unspecified atom stereocenters. The van der Waals surface area contributed by atoms with Crippen LogP contribution in [-0.4, -0.2) is 29.8 Å². The molecule has 22 heavy (non-hydrogen) atoms. The summed E-state index contributed by atoms with van der Waals surface area (Å²) in [5.41, 5.74) is -0.0666. The molecule has 0 radical (unpaired) electrons. The van der Waals surface area contributed by atoms with Gasteiger partial charge in [0.2, 0.25) is 0 Å². The van der Waals surface area contributed by atoms with Gasteiger partial charge in [0, 0.05) is 18.7 Å². The molecule has 0 heterocycles. The van der Waals surface area contributed by atoms with E-state index in [1.54, 1.807) is 18.2 Å². The Morgan fingerprint density at radius 1 is 1.27 bits per heavy atom. The normalized spacial score (nSPS) is 17.0. The van der Waals surface area contributed by atoms with Gasteiger partial charge in [-0.25, -0.2) is 9.38 Å². The van der Waals surface area contributed by atoms with Gasteiger partial charge >= 0.3 is 0 Å². The Kier molecular flexibility index (Phi) is 8.09. The molecule has 1 aromatic carbocycles. The first kappa shape index (κ1) is 19.2. The maximum Gasteiger partial charge on any atom is 0.191 e. The van der Waals surface area contributed by atoms with Crippen LogP contribution in [0, 0.1) is 5.82 Å². The van der Waals surface area contributed by atoms with E-state index in [9.17, 15) is 9.50 Å². The molecule has 1 fully saturated rings. The van der Waals surface area contributed by atoms with Crippen molar-refractivity contribution in [3.8, 4) is 0 Å². The number of hydrogen-bond acceptors (Lipinski definition) is 2. The molecule has 1 aliphatic carbocycles. The first-order valence-electron chi connectivity index (χ1n) is 7.61. The fourth-order valence-electron chi connectivity index (χ4n) is 2.59. The van der Waals surface area contributed by atoms with Crippen molar-refractivity contribution in [2.45, 2.75) is 44.8 Å². The van der Waals surface area contributed by atoms with Crippen LogP contribution in [0.15, 0.2) is 29.3 Å². The highest BCUT2D eigenvalue weighted by Crippen LogP contribution is 2.28. The molecular formula is C16H25FIN3O. The Labute approximate surface area is 148 Å². The number of rotatable bonds is 5. The summed E-state index contributed by atoms with van der Waals surface area (Å²) in [6.45, 7) is 3.46. The van der Waals surface area contributed by atoms with Crippen molar-refractivity contribution in [2.24, 2.45) is 4.99 Å². The minimum atomic E-state index is -0.631. The SMILES string of the molecule is CCNC(=NCc1ccccc1F)NCC1(O)CCCC1.I. The number of halogens is 2. The smallest absolute Gasteiger partial charge is 0.191 e. The summed E-state index contributed by atoms with van der Waals surface area (Å²) < 4.78 is 13.6. The van der Waals surface area contributed by atoms with E-state index in [0.29, 0.717) is 18.1 Å². The molecule has 1 saturated carbocycles. The highest BCUT2D eigenvalue weighted by atomic mass is 127. The Bertz CT molecular complexity index is 490. The lowest BCUT2D eigenvalue weighted by Crippen LogP contribution is -2.46. The Morgan fingerprint density at radius 3 is 2.59 bits per heavy atom. The van der Waals surface area contributed by atoms with Crippen LogP contribution in [0.3, 0.4) is 0 Å². The zero-order chi connectivity index (χ0) is 15.1. The van der Waals surface area contributed by atoms with Gasteiger partial charge in [-0.2, -0.15) is 0 Å². The van der Waals surface area contributed by atoms with Gasteiger partial charge in [-0.3, -0.25) is 0 Å². The third kappa shape index (κ3) is 5.72. The van der Waals surface area contributed by atoms with E-state index < -0.39 is 5.60 Å². The molecule has 1 aliphatic rings. The van der Waals surface area contributed by atoms with Crippen LogP contribution in [-0.2, 0) is 6.54 Å². The van der Waals surface area contributed by atoms with E-state index in [4.69, 9.17) is 0 Å². The predicted molar refractivity (Wildman–Crippen MR) is 98.1 cm³/mol. The third-order valence-electron chi connectivity index (χ3n) is 3.83. The van der Waals surface area contributed by atoms with Gasteiger partial charge in [0.15, 0.2) is 5.96 Å². The average Bonchev–Trinajstić information content (AvgIpc) is 2.91. The minimum Gasteiger partial charge on any atom is -0.388 e. The molecule has 1 aromatic rings. The molecule has 2 rings (SSSR count). The van der Waals surface area contributed by atoms with E-state index in [-0.39, 0.29) is 36.3 Å². The van der Waals surface area contributed by atoms with E-state index in [0.717, 1.165) is 32.2 Å². The summed E-state index contributed by atoms with van der Waals surface area (Å²) in [5, 5.41) is 16.6. The number of aliphatic imine (C=N–C) groups is 1. The van der Waals surface area contributed by atoms with Gasteiger partial charge < -0.3 is 15.7 Å². The molecule has 124 valence electrons. The number of aliphatic hydroxyl groups is 1. The number of nitrogens with one attached hydrogen (secondary N) is 2. The zero-order valence-corrected chi connectivity index (χ0v) is 15.3. The maximum absolute atomic E-state index is 13.6. The molecule has 0 bridgehead atoms. The van der Waals surface area contributed by atoms with Crippen molar-refractivity contribution < 1.29 is 9.50 Å². The Balaban J connectivity index is 0.00000242. The molecule has 0 spiro atoms. The first-order chi connectivity index (χ1) is 10.1. The van der Waals surface area contributed by atoms with Gasteiger partial charge in [-0.1, -0.05) is 31.0 Å². The molecular weight excluding hydrogens is 396 g/mol. The Morgan fingerprint density at radius 2 is 1.95 bits per heavy atom. The number of benzene rings is 1. The highest BCUT2D eigenvalue weighted by Gasteiger charge is 2.30. The largest absolute Gasteiger partial charge is 0.388 e. The maximum atomic E-state index is 13.6. The third-order valence-corrected chi connectivity index (χ3v) is 3.83. The minimum absolute atomic E-state index is 0. The van der Waals surface area contributed by atoms with Gasteiger partial charge in [-0.05, 0) is 25.8 Å². The van der Waals surface area contributed by atoms with E-state index in [1.807, 2.05) is 6.92 Å². The van der Waals surface area contributed by atoms with Crippen molar-refractivity contribution >= 4 is 29.9 Å². The standard InChI is InChI=1S/C16H24FN3O.HI/c1-2-18-15(20-12-16(21)9-5-6-10-16)19-11-13-7-3-4-8-14(13)17;/h3-4,7-8,21H,2,5-6,9-12H2,1H3,(H2,18,19,20);1H. The second kappa shape index (κ2) is 9.29. The number of nitrogens with zero attached hydrogens (tertiary/aromatic N) is 1. The van der Waals surface area contributed by atoms with Crippen molar-refractivity contribution in [3.63, 3.8) is 0 Å². The van der Waals surface area contributed by atoms with Crippen LogP contribution in [0.1, 0.15) is 38.2 Å². The second-order valence-electron chi connectivity index (χ2n) is 5.57. The fourth-order valence-corrected chi connectivity index (χ4v) is 2.59. The summed E-state index contributed by atoms with van der Waals surface area (Å²) >= 11 is 0. The van der Waals surface area contributed by atoms with Crippen molar-refractivity contribution in [2.75, 3.05) is 13.1 Å². The lowest BCUT2D eigenvalue weighted by atomic mass is 10.0. The molecule has 3 N–H and O–H groups in total. The quantitative estimate of drug-likeness (QED) is 0.390. The summed E-state index contributed by atoms with van der Waals surface area (Å²) in [6, 6.07) is 6.64. The lowest BCUT2D eigenvalue weighted by molar-refractivity contribution is 0.0522. The van der Waals surface area contributed by atoms with Crippen molar-refractivity contribution in [3.05, 3.63) is 35.6 Å². The van der Waals surface area contributed by atoms with Crippen LogP contribution in [0.2, 0.25) is 0 Å². The second-order valence-corrected chi connectivity index (χ2v) is 5.57. The number of hydrogen-bond donors (Lipinski definition) is 3. The monoisotopic (exact) mass is 421 g/mol. The molecule has 0 amide bonds. The molecule has 0 saturated heterocycles. The van der Waals surface area contributed by atoms with Gasteiger partial charge in [0.05, 0.1) is 12.1 Å². The van der Waals surface area contributed by atoms with E-state index in [1.165, 1.54) is 6.07 Å². The predicted octanol–water partition coefficient (Wildman–Crippen LogP) is 2.80. The molecule has 0 atom stereocenters. The van der Waals surface area contributed by atoms with Gasteiger partial charge in [-0.15, -0.1) is 24.0 Å². The van der Waals surface area contributed by atoms with Crippen LogP contribution in [0.4, 0.5) is 4.39 Å². The summed E-state index contributed by atoms with van der Waals surface area (Å²) in [5.74, 6) is 0.368. The number of guanidine groups is 1. The van der Waals surface area contributed by atoms with Crippen LogP contribution in [0.5, 0.6) is 0 Å². The zero-order valence-electron chi connectivity index (χ0n) is 12.9. The summed E-state index contributed by atoms with van der Waals surface area (Å²) in [4.78, 5) is 4.38. The molecule has 6 heteroatoms. The van der Waals surface area contributed by atoms with E-state index in [2.05, 4.69) is 15.6 Å². The summed E-state index contributed by atoms with van der Waals surface area (Å²) in [6.07, 6.45) is 3.79. The van der Waals surface area contributed by atoms with Crippen molar-refractivity contribution in [1.29, 1.82) is 0 Å². The topological polar surface area (TPSA) is 56.7 Å². The van der Waals surface area contributed by atoms with Gasteiger partial charge in [0.1, 0.15) is 5.82 Å². The fraction of sp³-hybridized carbons (Fsp3) is 0.562. The average molecular weight is 421 g/mol. The van der Waals surface area contributed by atoms with Gasteiger partial charge in [0.25, 0.3) is 0 Å². The van der Waals surface area contributed by atoms with Crippen LogP contribution < -0.4 is 10.6 Å². The van der Waals surface area contributed by atoms with Crippen LogP contribution in [0.25, 0.3) is 0 Å². The first-order valence-corrected chi connectivity index (χ1v) is 7.61. The molecule has 0 aliphatic heterocycles. The van der Waals surface area contributed by atoms with Crippen molar-refractivity contribution in [1.82, 2.24) is 10.6 Å². The Hall–Kier alpha value is -0.890.